The third-order valence-corrected chi connectivity index (χ3v) is 5.76. The van der Waals surface area contributed by atoms with Crippen molar-refractivity contribution in [3.63, 3.8) is 0 Å². The molecule has 1 aromatic rings. The third-order valence-electron chi connectivity index (χ3n) is 3.93. The molecule has 23 heavy (non-hydrogen) atoms. The molecule has 0 aliphatic carbocycles. The fourth-order valence-electron chi connectivity index (χ4n) is 2.58. The van der Waals surface area contributed by atoms with Crippen LogP contribution in [0.5, 0.6) is 0 Å². The molecule has 8 heteroatoms. The predicted molar refractivity (Wildman–Crippen MR) is 83.6 cm³/mol. The second-order valence-corrected chi connectivity index (χ2v) is 7.81. The van der Waals surface area contributed by atoms with Crippen LogP contribution in [0.2, 0.25) is 0 Å². The molecule has 1 heterocycles. The number of carboxylic acids is 1. The van der Waals surface area contributed by atoms with Gasteiger partial charge >= 0.3 is 5.97 Å². The molecular weight excluding hydrogens is 320 g/mol. The molecule has 1 fully saturated rings. The standard InChI is InChI=1S/C15H20N2O5S/c1-16(2)23(21,22)12-8-6-11(7-9-12)14(18)17-10-4-3-5-13(17)15(19)20/h6-9,13H,3-5,10H2,1-2H3,(H,19,20)/t13-/m0/s1. The van der Waals surface area contributed by atoms with Gasteiger partial charge in [0.2, 0.25) is 10.0 Å². The van der Waals surface area contributed by atoms with Crippen LogP contribution in [0.1, 0.15) is 29.6 Å². The van der Waals surface area contributed by atoms with Gasteiger partial charge in [-0.15, -0.1) is 0 Å². The number of carboxylic acid groups (broad SMARTS) is 1. The molecule has 126 valence electrons. The number of hydrogen-bond acceptors (Lipinski definition) is 4. The molecule has 7 nitrogen and oxygen atoms in total. The van der Waals surface area contributed by atoms with E-state index in [0.29, 0.717) is 13.0 Å². The van der Waals surface area contributed by atoms with Gasteiger partial charge in [0, 0.05) is 26.2 Å². The van der Waals surface area contributed by atoms with Crippen molar-refractivity contribution in [2.75, 3.05) is 20.6 Å². The highest BCUT2D eigenvalue weighted by Crippen LogP contribution is 2.21. The molecule has 1 N–H and O–H groups in total. The van der Waals surface area contributed by atoms with Crippen molar-refractivity contribution < 1.29 is 23.1 Å². The first-order valence-corrected chi connectivity index (χ1v) is 8.75. The Balaban J connectivity index is 2.25. The maximum absolute atomic E-state index is 12.5. The second-order valence-electron chi connectivity index (χ2n) is 5.66. The van der Waals surface area contributed by atoms with Gasteiger partial charge in [0.05, 0.1) is 4.90 Å². The number of amides is 1. The van der Waals surface area contributed by atoms with Crippen molar-refractivity contribution in [3.05, 3.63) is 29.8 Å². The molecular formula is C15H20N2O5S. The van der Waals surface area contributed by atoms with Gasteiger partial charge in [-0.2, -0.15) is 0 Å². The van der Waals surface area contributed by atoms with Crippen LogP contribution < -0.4 is 0 Å². The van der Waals surface area contributed by atoms with Crippen LogP contribution in [0.4, 0.5) is 0 Å². The molecule has 0 spiro atoms. The molecule has 2 rings (SSSR count). The van der Waals surface area contributed by atoms with Gasteiger partial charge < -0.3 is 10.0 Å². The summed E-state index contributed by atoms with van der Waals surface area (Å²) in [6, 6.07) is 4.75. The minimum Gasteiger partial charge on any atom is -0.480 e. The predicted octanol–water partition coefficient (Wildman–Crippen LogP) is 1.02. The van der Waals surface area contributed by atoms with Crippen LogP contribution in [0, 0.1) is 0 Å². The maximum Gasteiger partial charge on any atom is 0.326 e. The summed E-state index contributed by atoms with van der Waals surface area (Å²) in [5, 5.41) is 9.24. The van der Waals surface area contributed by atoms with E-state index in [0.717, 1.165) is 17.1 Å². The zero-order valence-corrected chi connectivity index (χ0v) is 13.9. The van der Waals surface area contributed by atoms with Crippen LogP contribution in [-0.2, 0) is 14.8 Å². The minimum atomic E-state index is -3.55. The highest BCUT2D eigenvalue weighted by Gasteiger charge is 2.32. The highest BCUT2D eigenvalue weighted by atomic mass is 32.2. The Kier molecular flexibility index (Phi) is 5.06. The van der Waals surface area contributed by atoms with Crippen molar-refractivity contribution in [3.8, 4) is 0 Å². The lowest BCUT2D eigenvalue weighted by molar-refractivity contribution is -0.143. The summed E-state index contributed by atoms with van der Waals surface area (Å²) in [6.07, 6.45) is 1.98. The summed E-state index contributed by atoms with van der Waals surface area (Å²) in [7, 11) is -0.694. The van der Waals surface area contributed by atoms with E-state index in [1.54, 1.807) is 0 Å². The second kappa shape index (κ2) is 6.67. The molecule has 1 saturated heterocycles. The molecule has 0 saturated carbocycles. The molecule has 0 radical (unpaired) electrons. The van der Waals surface area contributed by atoms with Gasteiger partial charge in [0.1, 0.15) is 6.04 Å². The maximum atomic E-state index is 12.5. The SMILES string of the molecule is CN(C)S(=O)(=O)c1ccc(C(=O)N2CCCC[C@H]2C(=O)O)cc1. The average molecular weight is 340 g/mol. The summed E-state index contributed by atoms with van der Waals surface area (Å²) in [5.74, 6) is -1.39. The summed E-state index contributed by atoms with van der Waals surface area (Å²) >= 11 is 0. The van der Waals surface area contributed by atoms with Gasteiger partial charge in [-0.3, -0.25) is 4.79 Å². The quantitative estimate of drug-likeness (QED) is 0.883. The van der Waals surface area contributed by atoms with Gasteiger partial charge in [-0.1, -0.05) is 0 Å². The normalized spacial score (nSPS) is 18.9. The number of nitrogens with zero attached hydrogens (tertiary/aromatic N) is 2. The Hall–Kier alpha value is -1.93. The first-order valence-electron chi connectivity index (χ1n) is 7.31. The largest absolute Gasteiger partial charge is 0.480 e. The highest BCUT2D eigenvalue weighted by molar-refractivity contribution is 7.89. The number of piperidine rings is 1. The summed E-state index contributed by atoms with van der Waals surface area (Å²) in [4.78, 5) is 25.2. The lowest BCUT2D eigenvalue weighted by atomic mass is 10.0. The molecule has 1 aliphatic rings. The Morgan fingerprint density at radius 3 is 2.30 bits per heavy atom. The van der Waals surface area contributed by atoms with Crippen molar-refractivity contribution in [2.24, 2.45) is 0 Å². The lowest BCUT2D eigenvalue weighted by Crippen LogP contribution is -2.47. The van der Waals surface area contributed by atoms with Crippen LogP contribution >= 0.6 is 0 Å². The molecule has 0 aromatic heterocycles. The van der Waals surface area contributed by atoms with E-state index >= 15 is 0 Å². The average Bonchev–Trinajstić information content (AvgIpc) is 2.54. The monoisotopic (exact) mass is 340 g/mol. The first-order chi connectivity index (χ1) is 10.7. The first kappa shape index (κ1) is 17.4. The lowest BCUT2D eigenvalue weighted by Gasteiger charge is -2.33. The molecule has 0 unspecified atom stereocenters. The number of carbonyl (C=O) groups excluding carboxylic acids is 1. The number of benzene rings is 1. The van der Waals surface area contributed by atoms with E-state index in [9.17, 15) is 23.1 Å². The molecule has 1 aliphatic heterocycles. The molecule has 1 aromatic carbocycles. The van der Waals surface area contributed by atoms with Crippen molar-refractivity contribution >= 4 is 21.9 Å². The topological polar surface area (TPSA) is 95.0 Å². The van der Waals surface area contributed by atoms with Crippen molar-refractivity contribution in [1.29, 1.82) is 0 Å². The summed E-state index contributed by atoms with van der Waals surface area (Å²) < 4.78 is 25.1. The third kappa shape index (κ3) is 3.53. The van der Waals surface area contributed by atoms with Crippen LogP contribution in [0.15, 0.2) is 29.2 Å². The number of likely N-dealkylation sites (tertiary alicyclic amines) is 1. The van der Waals surface area contributed by atoms with Crippen molar-refractivity contribution in [2.45, 2.75) is 30.2 Å². The van der Waals surface area contributed by atoms with Crippen LogP contribution in [0.3, 0.4) is 0 Å². The Morgan fingerprint density at radius 2 is 1.78 bits per heavy atom. The Morgan fingerprint density at radius 1 is 1.17 bits per heavy atom. The van der Waals surface area contributed by atoms with Gasteiger partial charge in [-0.25, -0.2) is 17.5 Å². The molecule has 0 bridgehead atoms. The Labute approximate surface area is 135 Å². The van der Waals surface area contributed by atoms with Crippen LogP contribution in [-0.4, -0.2) is 61.3 Å². The molecule has 1 amide bonds. The van der Waals surface area contributed by atoms with E-state index in [1.165, 1.54) is 43.3 Å². The zero-order valence-electron chi connectivity index (χ0n) is 13.1. The van der Waals surface area contributed by atoms with Gasteiger partial charge in [-0.05, 0) is 43.5 Å². The molecule has 1 atom stereocenters. The van der Waals surface area contributed by atoms with E-state index in [1.807, 2.05) is 0 Å². The smallest absolute Gasteiger partial charge is 0.326 e. The summed E-state index contributed by atoms with van der Waals surface area (Å²) in [5.41, 5.74) is 0.288. The van der Waals surface area contributed by atoms with E-state index < -0.39 is 22.0 Å². The van der Waals surface area contributed by atoms with Gasteiger partial charge in [0.25, 0.3) is 5.91 Å². The summed E-state index contributed by atoms with van der Waals surface area (Å²) in [6.45, 7) is 0.396. The minimum absolute atomic E-state index is 0.0903. The number of hydrogen-bond donors (Lipinski definition) is 1. The number of sulfonamides is 1. The van der Waals surface area contributed by atoms with Crippen molar-refractivity contribution in [1.82, 2.24) is 9.21 Å². The van der Waals surface area contributed by atoms with E-state index in [2.05, 4.69) is 0 Å². The van der Waals surface area contributed by atoms with Gasteiger partial charge in [0.15, 0.2) is 0 Å². The number of carbonyl (C=O) groups is 2. The van der Waals surface area contributed by atoms with E-state index in [-0.39, 0.29) is 16.4 Å². The van der Waals surface area contributed by atoms with E-state index in [4.69, 9.17) is 0 Å². The zero-order chi connectivity index (χ0) is 17.2. The Bertz CT molecular complexity index is 697. The fraction of sp³-hybridized carbons (Fsp3) is 0.467. The number of aliphatic carboxylic acids is 1. The number of rotatable bonds is 4. The fourth-order valence-corrected chi connectivity index (χ4v) is 3.48. The van der Waals surface area contributed by atoms with Crippen LogP contribution in [0.25, 0.3) is 0 Å².